The lowest BCUT2D eigenvalue weighted by Gasteiger charge is -2.05. The zero-order valence-electron chi connectivity index (χ0n) is 11.7. The standard InChI is InChI=1S/C15H23NO2/c1-5-8-9-14(15(17)18)13(11-16-7-3)10-12(4)6-2/h7,9-11H,5-6,8H2,1-4H3,(H,17,18)/b12-10+,13-11+,14-9+,16-7?. The number of nitrogens with zero attached hydrogens (tertiary/aromatic N) is 1. The Morgan fingerprint density at radius 1 is 1.33 bits per heavy atom. The van der Waals surface area contributed by atoms with E-state index in [-0.39, 0.29) is 0 Å². The predicted octanol–water partition coefficient (Wildman–Crippen LogP) is 4.13. The highest BCUT2D eigenvalue weighted by atomic mass is 16.4. The molecule has 0 aliphatic rings. The second kappa shape index (κ2) is 9.40. The van der Waals surface area contributed by atoms with Gasteiger partial charge in [0.05, 0.1) is 5.57 Å². The lowest BCUT2D eigenvalue weighted by atomic mass is 10.0. The fourth-order valence-electron chi connectivity index (χ4n) is 1.32. The number of carboxylic acid groups (broad SMARTS) is 1. The predicted molar refractivity (Wildman–Crippen MR) is 76.9 cm³/mol. The smallest absolute Gasteiger partial charge is 0.336 e. The quantitative estimate of drug-likeness (QED) is 0.419. The van der Waals surface area contributed by atoms with Gasteiger partial charge in [0.25, 0.3) is 0 Å². The summed E-state index contributed by atoms with van der Waals surface area (Å²) < 4.78 is 0. The van der Waals surface area contributed by atoms with Crippen LogP contribution < -0.4 is 0 Å². The minimum absolute atomic E-state index is 0.329. The molecule has 0 atom stereocenters. The van der Waals surface area contributed by atoms with E-state index < -0.39 is 5.97 Å². The van der Waals surface area contributed by atoms with E-state index in [0.717, 1.165) is 24.8 Å². The van der Waals surface area contributed by atoms with Crippen molar-refractivity contribution in [3.05, 3.63) is 35.1 Å². The maximum absolute atomic E-state index is 11.3. The summed E-state index contributed by atoms with van der Waals surface area (Å²) in [5.74, 6) is -0.902. The number of aliphatic carboxylic acids is 1. The number of carboxylic acids is 1. The van der Waals surface area contributed by atoms with Gasteiger partial charge in [-0.25, -0.2) is 4.79 Å². The maximum Gasteiger partial charge on any atom is 0.336 e. The maximum atomic E-state index is 11.3. The van der Waals surface area contributed by atoms with Gasteiger partial charge in [0.1, 0.15) is 0 Å². The van der Waals surface area contributed by atoms with Gasteiger partial charge >= 0.3 is 5.97 Å². The topological polar surface area (TPSA) is 49.7 Å². The summed E-state index contributed by atoms with van der Waals surface area (Å²) in [5.41, 5.74) is 2.12. The molecule has 0 rings (SSSR count). The summed E-state index contributed by atoms with van der Waals surface area (Å²) in [6, 6.07) is 0. The molecule has 0 spiro atoms. The number of rotatable bonds is 7. The average molecular weight is 249 g/mol. The van der Waals surface area contributed by atoms with Gasteiger partial charge in [0.2, 0.25) is 0 Å². The van der Waals surface area contributed by atoms with Crippen molar-refractivity contribution in [3.8, 4) is 0 Å². The summed E-state index contributed by atoms with van der Waals surface area (Å²) in [4.78, 5) is 15.3. The van der Waals surface area contributed by atoms with Gasteiger partial charge in [-0.05, 0) is 26.7 Å². The highest BCUT2D eigenvalue weighted by Crippen LogP contribution is 2.17. The van der Waals surface area contributed by atoms with E-state index in [1.165, 1.54) is 0 Å². The summed E-state index contributed by atoms with van der Waals surface area (Å²) >= 11 is 0. The van der Waals surface area contributed by atoms with Gasteiger partial charge in [0, 0.05) is 18.0 Å². The molecule has 0 saturated carbocycles. The number of unbranched alkanes of at least 4 members (excludes halogenated alkanes) is 1. The van der Waals surface area contributed by atoms with Gasteiger partial charge in [-0.3, -0.25) is 4.99 Å². The molecular formula is C15H23NO2. The van der Waals surface area contributed by atoms with Crippen LogP contribution in [0.3, 0.4) is 0 Å². The Morgan fingerprint density at radius 2 is 2.00 bits per heavy atom. The molecule has 0 amide bonds. The number of aliphatic imine (C=N–C) groups is 1. The SMILES string of the molecule is CC=N/C=C(\C=C(/C)CC)C(=C\CCC)/C(=O)O. The van der Waals surface area contributed by atoms with Crippen LogP contribution in [0.2, 0.25) is 0 Å². The van der Waals surface area contributed by atoms with E-state index in [9.17, 15) is 9.90 Å². The third-order valence-electron chi connectivity index (χ3n) is 2.50. The molecule has 0 bridgehead atoms. The summed E-state index contributed by atoms with van der Waals surface area (Å²) in [6.07, 6.45) is 9.49. The second-order valence-corrected chi connectivity index (χ2v) is 4.05. The lowest BCUT2D eigenvalue weighted by Crippen LogP contribution is -2.03. The molecule has 18 heavy (non-hydrogen) atoms. The molecule has 0 aliphatic heterocycles. The monoisotopic (exact) mass is 249 g/mol. The first-order chi connectivity index (χ1) is 8.56. The third kappa shape index (κ3) is 6.18. The lowest BCUT2D eigenvalue weighted by molar-refractivity contribution is -0.132. The van der Waals surface area contributed by atoms with Gasteiger partial charge < -0.3 is 5.11 Å². The van der Waals surface area contributed by atoms with Crippen molar-refractivity contribution >= 4 is 12.2 Å². The van der Waals surface area contributed by atoms with Crippen molar-refractivity contribution in [2.45, 2.75) is 47.0 Å². The normalized spacial score (nSPS) is 14.3. The van der Waals surface area contributed by atoms with E-state index in [2.05, 4.69) is 4.99 Å². The fourth-order valence-corrected chi connectivity index (χ4v) is 1.32. The summed E-state index contributed by atoms with van der Waals surface area (Å²) in [7, 11) is 0. The second-order valence-electron chi connectivity index (χ2n) is 4.05. The van der Waals surface area contributed by atoms with Crippen LogP contribution in [-0.4, -0.2) is 17.3 Å². The van der Waals surface area contributed by atoms with Crippen LogP contribution in [0, 0.1) is 0 Å². The molecule has 100 valence electrons. The molecule has 3 heteroatoms. The molecule has 3 nitrogen and oxygen atoms in total. The first-order valence-corrected chi connectivity index (χ1v) is 6.35. The summed E-state index contributed by atoms with van der Waals surface area (Å²) in [5, 5.41) is 9.26. The molecule has 0 unspecified atom stereocenters. The van der Waals surface area contributed by atoms with Crippen molar-refractivity contribution in [2.75, 3.05) is 0 Å². The van der Waals surface area contributed by atoms with Crippen molar-refractivity contribution in [1.29, 1.82) is 0 Å². The van der Waals surface area contributed by atoms with Gasteiger partial charge in [0.15, 0.2) is 0 Å². The van der Waals surface area contributed by atoms with Crippen LogP contribution in [0.25, 0.3) is 0 Å². The highest BCUT2D eigenvalue weighted by molar-refractivity contribution is 5.92. The van der Waals surface area contributed by atoms with Crippen molar-refractivity contribution < 1.29 is 9.90 Å². The van der Waals surface area contributed by atoms with Crippen LogP contribution in [0.5, 0.6) is 0 Å². The van der Waals surface area contributed by atoms with Crippen LogP contribution in [-0.2, 0) is 4.79 Å². The molecule has 0 aliphatic carbocycles. The Kier molecular flexibility index (Phi) is 8.54. The zero-order valence-corrected chi connectivity index (χ0v) is 11.7. The Labute approximate surface area is 110 Å². The Bertz CT molecular complexity index is 387. The van der Waals surface area contributed by atoms with E-state index in [4.69, 9.17) is 0 Å². The molecule has 0 saturated heterocycles. The van der Waals surface area contributed by atoms with Crippen molar-refractivity contribution in [3.63, 3.8) is 0 Å². The minimum atomic E-state index is -0.902. The Hall–Kier alpha value is -1.64. The van der Waals surface area contributed by atoms with Crippen molar-refractivity contribution in [1.82, 2.24) is 0 Å². The molecule has 0 heterocycles. The number of hydrogen-bond acceptors (Lipinski definition) is 2. The zero-order chi connectivity index (χ0) is 14.0. The largest absolute Gasteiger partial charge is 0.478 e. The van der Waals surface area contributed by atoms with E-state index in [1.54, 1.807) is 25.4 Å². The molecule has 0 aromatic rings. The van der Waals surface area contributed by atoms with Gasteiger partial charge in [-0.1, -0.05) is 38.0 Å². The molecule has 0 aromatic heterocycles. The van der Waals surface area contributed by atoms with Crippen LogP contribution in [0.1, 0.15) is 47.0 Å². The van der Waals surface area contributed by atoms with Crippen LogP contribution >= 0.6 is 0 Å². The fraction of sp³-hybridized carbons (Fsp3) is 0.467. The molecule has 0 aromatic carbocycles. The van der Waals surface area contributed by atoms with Crippen molar-refractivity contribution in [2.24, 2.45) is 4.99 Å². The third-order valence-corrected chi connectivity index (χ3v) is 2.50. The van der Waals surface area contributed by atoms with E-state index in [1.807, 2.05) is 26.8 Å². The Balaban J connectivity index is 5.45. The first-order valence-electron chi connectivity index (χ1n) is 6.35. The number of allylic oxidation sites excluding steroid dienone is 3. The molecular weight excluding hydrogens is 226 g/mol. The van der Waals surface area contributed by atoms with Crippen LogP contribution in [0.15, 0.2) is 40.1 Å². The molecule has 0 fully saturated rings. The highest BCUT2D eigenvalue weighted by Gasteiger charge is 2.11. The molecule has 1 N–H and O–H groups in total. The first kappa shape index (κ1) is 16.4. The summed E-state index contributed by atoms with van der Waals surface area (Å²) in [6.45, 7) is 7.86. The van der Waals surface area contributed by atoms with Gasteiger partial charge in [-0.15, -0.1) is 0 Å². The minimum Gasteiger partial charge on any atom is -0.478 e. The van der Waals surface area contributed by atoms with E-state index in [0.29, 0.717) is 11.1 Å². The number of carbonyl (C=O) groups is 1. The average Bonchev–Trinajstić information content (AvgIpc) is 2.35. The molecule has 0 radical (unpaired) electrons. The van der Waals surface area contributed by atoms with Crippen LogP contribution in [0.4, 0.5) is 0 Å². The number of hydrogen-bond donors (Lipinski definition) is 1. The van der Waals surface area contributed by atoms with E-state index >= 15 is 0 Å². The van der Waals surface area contributed by atoms with Gasteiger partial charge in [-0.2, -0.15) is 0 Å². The Morgan fingerprint density at radius 3 is 2.44 bits per heavy atom.